The number of amides is 1. The smallest absolute Gasteiger partial charge is 0.229 e. The molecule has 5 rings (SSSR count). The standard InChI is InChI=1S/C20H17FN2OS/c1-10-14-7-13(14)8-15(21)18(10)12-5-6-16-17(9-12)25-20(22-16)23-19(24)11-3-2-4-11/h5-9,11,14H,2-4H2,1H3,(H,22,23,24)/t14-/m0/s1. The van der Waals surface area contributed by atoms with E-state index in [2.05, 4.69) is 16.4 Å². The van der Waals surface area contributed by atoms with Crippen LogP contribution < -0.4 is 5.32 Å². The van der Waals surface area contributed by atoms with Crippen molar-refractivity contribution in [2.24, 2.45) is 11.8 Å². The van der Waals surface area contributed by atoms with Crippen LogP contribution in [-0.2, 0) is 4.79 Å². The highest BCUT2D eigenvalue weighted by atomic mass is 32.1. The Morgan fingerprint density at radius 1 is 1.36 bits per heavy atom. The third-order valence-electron chi connectivity index (χ3n) is 5.39. The lowest BCUT2D eigenvalue weighted by atomic mass is 9.85. The molecule has 1 aromatic heterocycles. The second-order valence-corrected chi connectivity index (χ2v) is 8.04. The lowest BCUT2D eigenvalue weighted by molar-refractivity contribution is -0.122. The topological polar surface area (TPSA) is 42.0 Å². The van der Waals surface area contributed by atoms with Gasteiger partial charge in [-0.15, -0.1) is 0 Å². The van der Waals surface area contributed by atoms with Crippen molar-refractivity contribution in [2.45, 2.75) is 26.2 Å². The van der Waals surface area contributed by atoms with Gasteiger partial charge in [0.25, 0.3) is 0 Å². The summed E-state index contributed by atoms with van der Waals surface area (Å²) in [5.41, 5.74) is 4.55. The predicted octanol–water partition coefficient (Wildman–Crippen LogP) is 5.23. The number of rotatable bonds is 3. The molecule has 1 amide bonds. The first-order valence-corrected chi connectivity index (χ1v) is 9.43. The van der Waals surface area contributed by atoms with E-state index in [0.29, 0.717) is 16.6 Å². The summed E-state index contributed by atoms with van der Waals surface area (Å²) in [6, 6.07) is 5.80. The van der Waals surface area contributed by atoms with E-state index in [4.69, 9.17) is 0 Å². The molecular weight excluding hydrogens is 335 g/mol. The minimum atomic E-state index is -0.167. The molecule has 0 saturated heterocycles. The van der Waals surface area contributed by atoms with Crippen LogP contribution in [0, 0.1) is 11.8 Å². The normalized spacial score (nSPS) is 22.2. The molecule has 1 atom stereocenters. The summed E-state index contributed by atoms with van der Waals surface area (Å²) in [4.78, 5) is 16.6. The minimum Gasteiger partial charge on any atom is -0.302 e. The summed E-state index contributed by atoms with van der Waals surface area (Å²) in [6.45, 7) is 2.00. The fourth-order valence-electron chi connectivity index (χ4n) is 3.60. The minimum absolute atomic E-state index is 0.0673. The van der Waals surface area contributed by atoms with Crippen molar-refractivity contribution in [1.82, 2.24) is 4.98 Å². The van der Waals surface area contributed by atoms with Gasteiger partial charge in [0, 0.05) is 17.4 Å². The van der Waals surface area contributed by atoms with Gasteiger partial charge in [-0.1, -0.05) is 35.5 Å². The highest BCUT2D eigenvalue weighted by Gasteiger charge is 2.33. The number of nitrogens with one attached hydrogen (secondary N) is 1. The van der Waals surface area contributed by atoms with E-state index in [9.17, 15) is 9.18 Å². The molecule has 25 heavy (non-hydrogen) atoms. The van der Waals surface area contributed by atoms with Crippen LogP contribution in [0.25, 0.3) is 15.8 Å². The van der Waals surface area contributed by atoms with E-state index in [1.54, 1.807) is 6.08 Å². The number of anilines is 1. The van der Waals surface area contributed by atoms with Gasteiger partial charge in [0.05, 0.1) is 10.2 Å². The number of benzene rings is 1. The number of aromatic nitrogens is 1. The maximum Gasteiger partial charge on any atom is 0.229 e. The Kier molecular flexibility index (Phi) is 3.22. The van der Waals surface area contributed by atoms with Gasteiger partial charge in [0.1, 0.15) is 5.83 Å². The average molecular weight is 352 g/mol. The van der Waals surface area contributed by atoms with Crippen LogP contribution in [0.3, 0.4) is 0 Å². The Labute approximate surface area is 149 Å². The quantitative estimate of drug-likeness (QED) is 0.822. The number of thiazole rings is 1. The molecule has 3 aliphatic rings. The summed E-state index contributed by atoms with van der Waals surface area (Å²) in [5.74, 6) is 0.346. The number of hydrogen-bond donors (Lipinski definition) is 1. The van der Waals surface area contributed by atoms with Crippen LogP contribution in [0.15, 0.2) is 47.3 Å². The van der Waals surface area contributed by atoms with Gasteiger partial charge in [-0.05, 0) is 49.1 Å². The zero-order valence-corrected chi connectivity index (χ0v) is 14.6. The molecule has 1 fully saturated rings. The van der Waals surface area contributed by atoms with Gasteiger partial charge in [-0.25, -0.2) is 9.37 Å². The zero-order chi connectivity index (χ0) is 17.1. The maximum atomic E-state index is 14.5. The molecule has 0 aliphatic heterocycles. The van der Waals surface area contributed by atoms with Crippen molar-refractivity contribution >= 4 is 38.2 Å². The first-order chi connectivity index (χ1) is 12.1. The molecule has 0 bridgehead atoms. The van der Waals surface area contributed by atoms with E-state index in [1.165, 1.54) is 11.3 Å². The van der Waals surface area contributed by atoms with Crippen LogP contribution >= 0.6 is 11.3 Å². The lowest BCUT2D eigenvalue weighted by Crippen LogP contribution is -2.27. The first kappa shape index (κ1) is 15.0. The van der Waals surface area contributed by atoms with Crippen LogP contribution in [0.5, 0.6) is 0 Å². The van der Waals surface area contributed by atoms with Gasteiger partial charge in [0.15, 0.2) is 5.13 Å². The molecule has 5 heteroatoms. The molecule has 1 N–H and O–H groups in total. The summed E-state index contributed by atoms with van der Waals surface area (Å²) in [7, 11) is 0. The third kappa shape index (κ3) is 2.45. The predicted molar refractivity (Wildman–Crippen MR) is 98.9 cm³/mol. The maximum absolute atomic E-state index is 14.5. The molecule has 1 aromatic carbocycles. The Morgan fingerprint density at radius 3 is 2.96 bits per heavy atom. The molecule has 0 radical (unpaired) electrons. The SMILES string of the molecule is CC1=C(c2ccc3nc(NC(=O)C4CCC4)sc3c2)C(F)=CC2=C[C@H]21. The summed E-state index contributed by atoms with van der Waals surface area (Å²) in [5, 5.41) is 3.55. The van der Waals surface area contributed by atoms with Gasteiger partial charge in [-0.2, -0.15) is 0 Å². The van der Waals surface area contributed by atoms with Gasteiger partial charge < -0.3 is 5.32 Å². The van der Waals surface area contributed by atoms with Crippen molar-refractivity contribution < 1.29 is 9.18 Å². The summed E-state index contributed by atoms with van der Waals surface area (Å²) >= 11 is 1.45. The number of carbonyl (C=O) groups is 1. The van der Waals surface area contributed by atoms with E-state index in [0.717, 1.165) is 46.2 Å². The molecule has 1 saturated carbocycles. The number of halogens is 1. The average Bonchev–Trinajstić information content (AvgIpc) is 3.16. The first-order valence-electron chi connectivity index (χ1n) is 8.62. The lowest BCUT2D eigenvalue weighted by Gasteiger charge is -2.23. The zero-order valence-electron chi connectivity index (χ0n) is 13.8. The van der Waals surface area contributed by atoms with Crippen LogP contribution in [-0.4, -0.2) is 10.9 Å². The van der Waals surface area contributed by atoms with Crippen LogP contribution in [0.1, 0.15) is 31.7 Å². The highest BCUT2D eigenvalue weighted by molar-refractivity contribution is 7.22. The highest BCUT2D eigenvalue weighted by Crippen LogP contribution is 2.48. The van der Waals surface area contributed by atoms with E-state index >= 15 is 0 Å². The Morgan fingerprint density at radius 2 is 2.20 bits per heavy atom. The Balaban J connectivity index is 1.47. The van der Waals surface area contributed by atoms with Gasteiger partial charge in [0.2, 0.25) is 5.91 Å². The van der Waals surface area contributed by atoms with Crippen molar-refractivity contribution in [2.75, 3.05) is 5.32 Å². The van der Waals surface area contributed by atoms with Crippen LogP contribution in [0.2, 0.25) is 0 Å². The molecule has 2 aromatic rings. The second kappa shape index (κ2) is 5.36. The van der Waals surface area contributed by atoms with E-state index in [1.807, 2.05) is 25.1 Å². The second-order valence-electron chi connectivity index (χ2n) is 7.01. The number of nitrogens with zero attached hydrogens (tertiary/aromatic N) is 1. The monoisotopic (exact) mass is 352 g/mol. The summed E-state index contributed by atoms with van der Waals surface area (Å²) < 4.78 is 15.4. The number of fused-ring (bicyclic) bond motifs is 2. The number of allylic oxidation sites excluding steroid dienone is 6. The third-order valence-corrected chi connectivity index (χ3v) is 6.32. The molecular formula is C20H17FN2OS. The van der Waals surface area contributed by atoms with Gasteiger partial charge in [-0.3, -0.25) is 4.79 Å². The molecule has 3 nitrogen and oxygen atoms in total. The van der Waals surface area contributed by atoms with Crippen LogP contribution in [0.4, 0.5) is 9.52 Å². The van der Waals surface area contributed by atoms with E-state index < -0.39 is 0 Å². The molecule has 0 unspecified atom stereocenters. The molecule has 1 heterocycles. The fourth-order valence-corrected chi connectivity index (χ4v) is 4.50. The van der Waals surface area contributed by atoms with E-state index in [-0.39, 0.29) is 17.7 Å². The number of carbonyl (C=O) groups excluding carboxylic acids is 1. The largest absolute Gasteiger partial charge is 0.302 e. The molecule has 3 aliphatic carbocycles. The number of hydrogen-bond acceptors (Lipinski definition) is 3. The van der Waals surface area contributed by atoms with Crippen molar-refractivity contribution in [3.63, 3.8) is 0 Å². The Hall–Kier alpha value is -2.27. The Bertz CT molecular complexity index is 1010. The fraction of sp³-hybridized carbons (Fsp3) is 0.300. The molecule has 0 spiro atoms. The molecule has 126 valence electrons. The van der Waals surface area contributed by atoms with Gasteiger partial charge >= 0.3 is 0 Å². The van der Waals surface area contributed by atoms with Crippen molar-refractivity contribution in [3.8, 4) is 0 Å². The summed E-state index contributed by atoms with van der Waals surface area (Å²) in [6.07, 6.45) is 6.79. The van der Waals surface area contributed by atoms with Crippen molar-refractivity contribution in [3.05, 3.63) is 52.9 Å². The van der Waals surface area contributed by atoms with Crippen molar-refractivity contribution in [1.29, 1.82) is 0 Å².